The third-order valence-electron chi connectivity index (χ3n) is 2.31. The van der Waals surface area contributed by atoms with E-state index >= 15 is 0 Å². The van der Waals surface area contributed by atoms with Crippen LogP contribution in [0.5, 0.6) is 5.75 Å². The van der Waals surface area contributed by atoms with E-state index in [0.29, 0.717) is 5.92 Å². The lowest BCUT2D eigenvalue weighted by atomic mass is 10.1. The minimum Gasteiger partial charge on any atom is -0.493 e. The predicted octanol–water partition coefficient (Wildman–Crippen LogP) is 4.01. The van der Waals surface area contributed by atoms with Gasteiger partial charge in [-0.3, -0.25) is 0 Å². The topological polar surface area (TPSA) is 9.23 Å². The van der Waals surface area contributed by atoms with E-state index in [2.05, 4.69) is 41.9 Å². The molecule has 0 amide bonds. The first kappa shape index (κ1) is 11.6. The molecule has 1 unspecified atom stereocenters. The number of hydrogen-bond donors (Lipinski definition) is 0. The molecule has 0 aliphatic rings. The van der Waals surface area contributed by atoms with Crippen LogP contribution >= 0.6 is 15.9 Å². The van der Waals surface area contributed by atoms with Crippen molar-refractivity contribution in [1.82, 2.24) is 0 Å². The molecule has 1 aromatic carbocycles. The minimum atomic E-state index is 0.630. The van der Waals surface area contributed by atoms with E-state index in [9.17, 15) is 0 Å². The Balaban J connectivity index is 2.43. The Morgan fingerprint density at radius 3 is 2.43 bits per heavy atom. The highest BCUT2D eigenvalue weighted by Gasteiger charge is 1.99. The first-order valence-electron chi connectivity index (χ1n) is 5.04. The van der Waals surface area contributed by atoms with Crippen LogP contribution in [0.2, 0.25) is 0 Å². The molecule has 0 aromatic heterocycles. The lowest BCUT2D eigenvalue weighted by Crippen LogP contribution is -2.06. The number of ether oxygens (including phenoxy) is 1. The molecule has 0 fully saturated rings. The van der Waals surface area contributed by atoms with Crippen molar-refractivity contribution in [3.8, 4) is 5.75 Å². The first-order chi connectivity index (χ1) is 6.76. The number of rotatable bonds is 5. The van der Waals surface area contributed by atoms with Crippen molar-refractivity contribution >= 4 is 15.9 Å². The summed E-state index contributed by atoms with van der Waals surface area (Å²) < 4.78 is 5.64. The van der Waals surface area contributed by atoms with E-state index in [1.165, 1.54) is 12.0 Å². The van der Waals surface area contributed by atoms with Gasteiger partial charge in [0, 0.05) is 5.33 Å². The third-order valence-corrected chi connectivity index (χ3v) is 2.96. The van der Waals surface area contributed by atoms with E-state index in [-0.39, 0.29) is 0 Å². The molecule has 0 spiro atoms. The molecule has 1 nitrogen and oxygen atoms in total. The van der Waals surface area contributed by atoms with Crippen molar-refractivity contribution < 1.29 is 4.74 Å². The smallest absolute Gasteiger partial charge is 0.119 e. The summed E-state index contributed by atoms with van der Waals surface area (Å²) in [6.45, 7) is 5.19. The first-order valence-corrected chi connectivity index (χ1v) is 6.16. The fraction of sp³-hybridized carbons (Fsp3) is 0.500. The summed E-state index contributed by atoms with van der Waals surface area (Å²) in [6.07, 6.45) is 1.17. The van der Waals surface area contributed by atoms with Gasteiger partial charge >= 0.3 is 0 Å². The molecule has 2 heteroatoms. The summed E-state index contributed by atoms with van der Waals surface area (Å²) in [5.41, 5.74) is 1.28. The summed E-state index contributed by atoms with van der Waals surface area (Å²) in [4.78, 5) is 0. The Morgan fingerprint density at radius 1 is 1.29 bits per heavy atom. The Hall–Kier alpha value is -0.500. The van der Waals surface area contributed by atoms with Gasteiger partial charge in [0.25, 0.3) is 0 Å². The van der Waals surface area contributed by atoms with E-state index < -0.39 is 0 Å². The zero-order valence-corrected chi connectivity index (χ0v) is 10.4. The third kappa shape index (κ3) is 3.70. The molecule has 14 heavy (non-hydrogen) atoms. The van der Waals surface area contributed by atoms with Crippen LogP contribution < -0.4 is 4.74 Å². The fourth-order valence-corrected chi connectivity index (χ4v) is 1.40. The van der Waals surface area contributed by atoms with Crippen LogP contribution in [0.1, 0.15) is 25.8 Å². The second kappa shape index (κ2) is 6.07. The van der Waals surface area contributed by atoms with Crippen LogP contribution in [0, 0.1) is 5.92 Å². The molecule has 0 saturated carbocycles. The molecule has 0 saturated heterocycles. The Kier molecular flexibility index (Phi) is 5.02. The molecule has 1 aromatic rings. The minimum absolute atomic E-state index is 0.630. The van der Waals surface area contributed by atoms with Crippen LogP contribution in [0.4, 0.5) is 0 Å². The largest absolute Gasteiger partial charge is 0.493 e. The molecular weight excluding hydrogens is 240 g/mol. The lowest BCUT2D eigenvalue weighted by Gasteiger charge is -2.10. The molecule has 0 aliphatic carbocycles. The quantitative estimate of drug-likeness (QED) is 0.724. The highest BCUT2D eigenvalue weighted by atomic mass is 79.9. The molecule has 0 bridgehead atoms. The molecule has 0 aliphatic heterocycles. The second-order valence-electron chi connectivity index (χ2n) is 3.60. The van der Waals surface area contributed by atoms with Gasteiger partial charge < -0.3 is 4.74 Å². The van der Waals surface area contributed by atoms with E-state index in [4.69, 9.17) is 4.74 Å². The van der Waals surface area contributed by atoms with Crippen molar-refractivity contribution in [2.45, 2.75) is 25.6 Å². The zero-order chi connectivity index (χ0) is 10.4. The molecule has 0 heterocycles. The van der Waals surface area contributed by atoms with Crippen LogP contribution in [-0.4, -0.2) is 6.61 Å². The molecule has 78 valence electrons. The maximum atomic E-state index is 5.64. The monoisotopic (exact) mass is 256 g/mol. The van der Waals surface area contributed by atoms with Gasteiger partial charge in [-0.25, -0.2) is 0 Å². The highest BCUT2D eigenvalue weighted by Crippen LogP contribution is 2.15. The average Bonchev–Trinajstić information content (AvgIpc) is 2.26. The zero-order valence-electron chi connectivity index (χ0n) is 8.79. The van der Waals surface area contributed by atoms with Crippen molar-refractivity contribution in [3.63, 3.8) is 0 Å². The Morgan fingerprint density at radius 2 is 1.93 bits per heavy atom. The molecule has 0 N–H and O–H groups in total. The van der Waals surface area contributed by atoms with Gasteiger partial charge in [0.2, 0.25) is 0 Å². The maximum absolute atomic E-state index is 5.64. The molecule has 1 atom stereocenters. The predicted molar refractivity (Wildman–Crippen MR) is 64.0 cm³/mol. The van der Waals surface area contributed by atoms with E-state index in [1.54, 1.807) is 0 Å². The van der Waals surface area contributed by atoms with Gasteiger partial charge in [-0.05, 0) is 23.6 Å². The van der Waals surface area contributed by atoms with E-state index in [0.717, 1.165) is 17.7 Å². The van der Waals surface area contributed by atoms with Crippen molar-refractivity contribution in [3.05, 3.63) is 29.8 Å². The van der Waals surface area contributed by atoms with Crippen LogP contribution in [0.3, 0.4) is 0 Å². The SMILES string of the molecule is CCC(C)COc1ccc(CBr)cc1. The van der Waals surface area contributed by atoms with E-state index in [1.807, 2.05) is 12.1 Å². The second-order valence-corrected chi connectivity index (χ2v) is 4.16. The number of hydrogen-bond acceptors (Lipinski definition) is 1. The van der Waals surface area contributed by atoms with Crippen molar-refractivity contribution in [2.75, 3.05) is 6.61 Å². The molecule has 0 radical (unpaired) electrons. The van der Waals surface area contributed by atoms with Gasteiger partial charge in [-0.15, -0.1) is 0 Å². The highest BCUT2D eigenvalue weighted by molar-refractivity contribution is 9.08. The number of halogens is 1. The maximum Gasteiger partial charge on any atom is 0.119 e. The van der Waals surface area contributed by atoms with Gasteiger partial charge in [0.05, 0.1) is 6.61 Å². The average molecular weight is 257 g/mol. The molecule has 1 rings (SSSR count). The number of benzene rings is 1. The fourth-order valence-electron chi connectivity index (χ4n) is 1.03. The van der Waals surface area contributed by atoms with Crippen molar-refractivity contribution in [1.29, 1.82) is 0 Å². The normalized spacial score (nSPS) is 12.5. The van der Waals surface area contributed by atoms with Crippen LogP contribution in [0.25, 0.3) is 0 Å². The van der Waals surface area contributed by atoms with Gasteiger partial charge in [-0.1, -0.05) is 48.3 Å². The van der Waals surface area contributed by atoms with Crippen LogP contribution in [0.15, 0.2) is 24.3 Å². The van der Waals surface area contributed by atoms with Crippen LogP contribution in [-0.2, 0) is 5.33 Å². The summed E-state index contributed by atoms with van der Waals surface area (Å²) >= 11 is 3.41. The summed E-state index contributed by atoms with van der Waals surface area (Å²) in [5, 5.41) is 0.901. The Bertz CT molecular complexity index is 256. The van der Waals surface area contributed by atoms with Gasteiger partial charge in [0.1, 0.15) is 5.75 Å². The lowest BCUT2D eigenvalue weighted by molar-refractivity contribution is 0.256. The summed E-state index contributed by atoms with van der Waals surface area (Å²) in [6, 6.07) is 8.22. The van der Waals surface area contributed by atoms with Gasteiger partial charge in [-0.2, -0.15) is 0 Å². The standard InChI is InChI=1S/C12H17BrO/c1-3-10(2)9-14-12-6-4-11(8-13)5-7-12/h4-7,10H,3,8-9H2,1-2H3. The number of alkyl halides is 1. The Labute approximate surface area is 94.6 Å². The molecular formula is C12H17BrO. The summed E-state index contributed by atoms with van der Waals surface area (Å²) in [7, 11) is 0. The van der Waals surface area contributed by atoms with Gasteiger partial charge in [0.15, 0.2) is 0 Å². The van der Waals surface area contributed by atoms with Crippen molar-refractivity contribution in [2.24, 2.45) is 5.92 Å². The summed E-state index contributed by atoms with van der Waals surface area (Å²) in [5.74, 6) is 1.60.